The van der Waals surface area contributed by atoms with Crippen molar-refractivity contribution in [1.29, 1.82) is 0 Å². The summed E-state index contributed by atoms with van der Waals surface area (Å²) in [5, 5.41) is 14.8. The van der Waals surface area contributed by atoms with Crippen molar-refractivity contribution >= 4 is 27.5 Å². The molecule has 5 aliphatic rings. The minimum Gasteiger partial charge on any atom is -0.508 e. The lowest BCUT2D eigenvalue weighted by molar-refractivity contribution is 0.0628. The fraction of sp³-hybridized carbons (Fsp3) is 0.500. The Bertz CT molecular complexity index is 1880. The van der Waals surface area contributed by atoms with Gasteiger partial charge in [-0.25, -0.2) is 13.2 Å². The first kappa shape index (κ1) is 29.5. The van der Waals surface area contributed by atoms with E-state index in [0.29, 0.717) is 42.0 Å². The number of likely N-dealkylation sites (N-methyl/N-ethyl adjacent to an activating group) is 1. The van der Waals surface area contributed by atoms with Gasteiger partial charge in [0.2, 0.25) is 0 Å². The Hall–Kier alpha value is -3.67. The lowest BCUT2D eigenvalue weighted by Gasteiger charge is -2.40. The van der Waals surface area contributed by atoms with Gasteiger partial charge in [0.15, 0.2) is 17.5 Å². The van der Waals surface area contributed by atoms with Gasteiger partial charge in [-0.15, -0.1) is 0 Å². The lowest BCUT2D eigenvalue weighted by atomic mass is 9.95. The van der Waals surface area contributed by atoms with Crippen molar-refractivity contribution in [1.82, 2.24) is 25.1 Å². The topological polar surface area (TPSA) is 77.0 Å². The summed E-state index contributed by atoms with van der Waals surface area (Å²) in [5.74, 6) is -2.39. The van der Waals surface area contributed by atoms with Crippen LogP contribution in [0.4, 0.5) is 19.0 Å². The number of halogens is 3. The number of likely N-dealkylation sites (tertiary alicyclic amines) is 1. The third-order valence-corrected chi connectivity index (χ3v) is 11.5. The molecule has 4 atom stereocenters. The molecule has 4 bridgehead atoms. The Morgan fingerprint density at radius 3 is 2.36 bits per heavy atom. The van der Waals surface area contributed by atoms with Crippen LogP contribution in [0.15, 0.2) is 36.4 Å². The van der Waals surface area contributed by atoms with Gasteiger partial charge in [0, 0.05) is 78.6 Å². The standard InChI is InChI=1S/C36H39F3N6O2/c1-43-23-5-6-24(43)17-44(16-23)18-36(10-11-36)19-47-35-41-33-27(34(42-35)45-14-21-3-4-22(15-45)40-21)8-7-26(31(33)38)28-13-25(46)12-20-2-9-29(37)32(39)30(20)28/h2,7-9,12-13,21-24,40,46H,3-6,10-11,14-19H2,1H3. The first-order valence-corrected chi connectivity index (χ1v) is 16.9. The smallest absolute Gasteiger partial charge is 0.319 e. The normalized spacial score (nSPS) is 26.9. The molecule has 9 rings (SSSR count). The van der Waals surface area contributed by atoms with E-state index in [-0.39, 0.29) is 44.6 Å². The molecule has 0 radical (unpaired) electrons. The van der Waals surface area contributed by atoms with Crippen molar-refractivity contribution in [2.45, 2.75) is 62.7 Å². The fourth-order valence-corrected chi connectivity index (χ4v) is 8.75. The second-order valence-corrected chi connectivity index (χ2v) is 14.7. The first-order chi connectivity index (χ1) is 22.7. The van der Waals surface area contributed by atoms with Gasteiger partial charge in [0.05, 0.1) is 6.61 Å². The molecule has 1 aromatic heterocycles. The summed E-state index contributed by atoms with van der Waals surface area (Å²) in [4.78, 5) is 16.9. The van der Waals surface area contributed by atoms with Crippen LogP contribution < -0.4 is 15.0 Å². The summed E-state index contributed by atoms with van der Waals surface area (Å²) < 4.78 is 52.7. The van der Waals surface area contributed by atoms with E-state index in [1.807, 2.05) is 0 Å². The predicted octanol–water partition coefficient (Wildman–Crippen LogP) is 5.45. The molecule has 1 aliphatic carbocycles. The van der Waals surface area contributed by atoms with Gasteiger partial charge in [-0.3, -0.25) is 9.80 Å². The van der Waals surface area contributed by atoms with Crippen LogP contribution in [0.1, 0.15) is 38.5 Å². The number of nitrogens with zero attached hydrogens (tertiary/aromatic N) is 5. The third kappa shape index (κ3) is 5.09. The third-order valence-electron chi connectivity index (χ3n) is 11.5. The number of nitrogens with one attached hydrogen (secondary N) is 1. The zero-order valence-electron chi connectivity index (χ0n) is 26.5. The zero-order chi connectivity index (χ0) is 32.0. The molecule has 1 saturated carbocycles. The molecule has 8 nitrogen and oxygen atoms in total. The maximum atomic E-state index is 16.8. The van der Waals surface area contributed by atoms with Gasteiger partial charge in [-0.1, -0.05) is 12.1 Å². The number of phenolic OH excluding ortho intramolecular Hbond substituents is 1. The maximum Gasteiger partial charge on any atom is 0.319 e. The van der Waals surface area contributed by atoms with E-state index >= 15 is 8.78 Å². The summed E-state index contributed by atoms with van der Waals surface area (Å²) in [6, 6.07) is 10.3. The fourth-order valence-electron chi connectivity index (χ4n) is 8.75. The molecule has 0 spiro atoms. The number of aromatic hydroxyl groups is 1. The molecule has 4 aromatic rings. The van der Waals surface area contributed by atoms with Gasteiger partial charge < -0.3 is 20.1 Å². The van der Waals surface area contributed by atoms with E-state index in [4.69, 9.17) is 9.72 Å². The number of anilines is 1. The highest BCUT2D eigenvalue weighted by atomic mass is 19.2. The second-order valence-electron chi connectivity index (χ2n) is 14.7. The van der Waals surface area contributed by atoms with Crippen molar-refractivity contribution in [2.24, 2.45) is 5.41 Å². The molecular formula is C36H39F3N6O2. The number of hydrogen-bond acceptors (Lipinski definition) is 8. The van der Waals surface area contributed by atoms with Gasteiger partial charge in [-0.2, -0.15) is 9.97 Å². The van der Waals surface area contributed by atoms with Gasteiger partial charge in [-0.05, 0) is 80.8 Å². The highest BCUT2D eigenvalue weighted by Crippen LogP contribution is 2.48. The molecule has 0 amide bonds. The Labute approximate surface area is 271 Å². The Balaban J connectivity index is 1.09. The SMILES string of the molecule is CN1C2CCC1CN(CC1(COc3nc(N4CC5CCC(C4)N5)c4ccc(-c5cc(O)cc6ccc(F)c(F)c56)c(F)c4n3)CC1)C2. The average Bonchev–Trinajstić information content (AvgIpc) is 3.70. The van der Waals surface area contributed by atoms with Crippen LogP contribution in [0.5, 0.6) is 11.8 Å². The van der Waals surface area contributed by atoms with Crippen molar-refractivity contribution in [2.75, 3.05) is 51.3 Å². The monoisotopic (exact) mass is 644 g/mol. The van der Waals surface area contributed by atoms with Gasteiger partial charge in [0.1, 0.15) is 17.1 Å². The van der Waals surface area contributed by atoms with E-state index in [9.17, 15) is 9.50 Å². The quantitative estimate of drug-likeness (QED) is 0.275. The molecule has 47 heavy (non-hydrogen) atoms. The van der Waals surface area contributed by atoms with E-state index in [1.54, 1.807) is 12.1 Å². The Morgan fingerprint density at radius 2 is 1.64 bits per heavy atom. The summed E-state index contributed by atoms with van der Waals surface area (Å²) in [7, 11) is 2.25. The molecule has 2 N–H and O–H groups in total. The molecule has 3 aromatic carbocycles. The number of ether oxygens (including phenoxy) is 1. The van der Waals surface area contributed by atoms with Crippen LogP contribution in [0.3, 0.4) is 0 Å². The number of hydrogen-bond donors (Lipinski definition) is 2. The largest absolute Gasteiger partial charge is 0.508 e. The number of benzene rings is 3. The maximum absolute atomic E-state index is 16.8. The van der Waals surface area contributed by atoms with Crippen molar-refractivity contribution in [3.05, 3.63) is 53.8 Å². The van der Waals surface area contributed by atoms with E-state index < -0.39 is 17.5 Å². The number of aromatic nitrogens is 2. The number of fused-ring (bicyclic) bond motifs is 6. The average molecular weight is 645 g/mol. The first-order valence-electron chi connectivity index (χ1n) is 16.9. The van der Waals surface area contributed by atoms with E-state index in [0.717, 1.165) is 64.5 Å². The van der Waals surface area contributed by atoms with Crippen LogP contribution in [0.25, 0.3) is 32.8 Å². The van der Waals surface area contributed by atoms with Crippen LogP contribution in [0, 0.1) is 22.9 Å². The minimum absolute atomic E-state index is 0.0160. The molecule has 246 valence electrons. The molecule has 4 aliphatic heterocycles. The highest BCUT2D eigenvalue weighted by Gasteiger charge is 2.48. The molecular weight excluding hydrogens is 605 g/mol. The highest BCUT2D eigenvalue weighted by molar-refractivity contribution is 6.01. The molecule has 5 fully saturated rings. The number of phenols is 1. The Kier molecular flexibility index (Phi) is 6.85. The summed E-state index contributed by atoms with van der Waals surface area (Å²) in [6.07, 6.45) is 6.82. The van der Waals surface area contributed by atoms with Crippen LogP contribution >= 0.6 is 0 Å². The molecule has 4 unspecified atom stereocenters. The zero-order valence-corrected chi connectivity index (χ0v) is 26.5. The summed E-state index contributed by atoms with van der Waals surface area (Å²) >= 11 is 0. The van der Waals surface area contributed by atoms with E-state index in [1.165, 1.54) is 31.0 Å². The van der Waals surface area contributed by atoms with Crippen LogP contribution in [-0.4, -0.2) is 95.4 Å². The Morgan fingerprint density at radius 1 is 0.894 bits per heavy atom. The molecule has 4 saturated heterocycles. The summed E-state index contributed by atoms with van der Waals surface area (Å²) in [6.45, 7) is 5.07. The second kappa shape index (κ2) is 10.9. The predicted molar refractivity (Wildman–Crippen MR) is 174 cm³/mol. The van der Waals surface area contributed by atoms with Crippen molar-refractivity contribution < 1.29 is 23.0 Å². The minimum atomic E-state index is -1.09. The van der Waals surface area contributed by atoms with Crippen LogP contribution in [-0.2, 0) is 0 Å². The lowest BCUT2D eigenvalue weighted by Crippen LogP contribution is -2.53. The molecule has 5 heterocycles. The van der Waals surface area contributed by atoms with Crippen molar-refractivity contribution in [3.63, 3.8) is 0 Å². The van der Waals surface area contributed by atoms with Crippen LogP contribution in [0.2, 0.25) is 0 Å². The van der Waals surface area contributed by atoms with Gasteiger partial charge in [0.25, 0.3) is 0 Å². The summed E-state index contributed by atoms with van der Waals surface area (Å²) in [5.41, 5.74) is 0.159. The molecule has 11 heteroatoms. The number of rotatable bonds is 7. The number of piperazine rings is 2. The van der Waals surface area contributed by atoms with Gasteiger partial charge >= 0.3 is 6.01 Å². The van der Waals surface area contributed by atoms with E-state index in [2.05, 4.69) is 32.0 Å². The van der Waals surface area contributed by atoms with Crippen molar-refractivity contribution in [3.8, 4) is 22.9 Å².